The van der Waals surface area contributed by atoms with Gasteiger partial charge in [0.25, 0.3) is 0 Å². The first-order valence-corrected chi connectivity index (χ1v) is 7.03. The second-order valence-electron chi connectivity index (χ2n) is 4.32. The smallest absolute Gasteiger partial charge is 0.348 e. The quantitative estimate of drug-likeness (QED) is 0.810. The molecule has 0 aromatic rings. The van der Waals surface area contributed by atoms with Crippen molar-refractivity contribution in [3.63, 3.8) is 0 Å². The predicted octanol–water partition coefficient (Wildman–Crippen LogP) is 1.18. The van der Waals surface area contributed by atoms with Crippen molar-refractivity contribution in [2.24, 2.45) is 0 Å². The summed E-state index contributed by atoms with van der Waals surface area (Å²) in [5.41, 5.74) is 0.994. The third-order valence-electron chi connectivity index (χ3n) is 3.07. The number of allylic oxidation sites excluding steroid dienone is 3. The topological polar surface area (TPSA) is 70.0 Å². The summed E-state index contributed by atoms with van der Waals surface area (Å²) in [4.78, 5) is 13.6. The number of carbonyl (C=O) groups is 1. The minimum Gasteiger partial charge on any atom is -0.497 e. The summed E-state index contributed by atoms with van der Waals surface area (Å²) in [5.74, 6) is 0.318. The number of aliphatic hydroxyl groups excluding tert-OH is 1. The lowest BCUT2D eigenvalue weighted by molar-refractivity contribution is -0.156. The van der Waals surface area contributed by atoms with E-state index in [0.29, 0.717) is 13.1 Å². The molecule has 0 amide bonds. The lowest BCUT2D eigenvalue weighted by Crippen LogP contribution is -2.42. The van der Waals surface area contributed by atoms with Crippen molar-refractivity contribution in [1.82, 2.24) is 4.90 Å². The van der Waals surface area contributed by atoms with E-state index in [4.69, 9.17) is 9.84 Å². The lowest BCUT2D eigenvalue weighted by atomic mass is 10.2. The van der Waals surface area contributed by atoms with E-state index in [1.165, 1.54) is 0 Å². The van der Waals surface area contributed by atoms with E-state index >= 15 is 0 Å². The molecule has 2 N–H and O–H groups in total. The number of hydrogen-bond donors (Lipinski definition) is 2. The summed E-state index contributed by atoms with van der Waals surface area (Å²) in [6.45, 7) is 0.950. The van der Waals surface area contributed by atoms with Crippen molar-refractivity contribution in [2.45, 2.75) is 12.6 Å². The van der Waals surface area contributed by atoms with Crippen molar-refractivity contribution in [2.75, 3.05) is 26.0 Å². The molecule has 1 heterocycles. The van der Waals surface area contributed by atoms with Gasteiger partial charge in [0.05, 0.1) is 7.11 Å². The van der Waals surface area contributed by atoms with Gasteiger partial charge in [-0.05, 0) is 24.1 Å². The van der Waals surface area contributed by atoms with Crippen LogP contribution < -0.4 is 0 Å². The van der Waals surface area contributed by atoms with E-state index in [1.807, 2.05) is 12.2 Å². The Morgan fingerprint density at radius 3 is 3.00 bits per heavy atom. The molecule has 0 saturated carbocycles. The molecule has 0 aromatic carbocycles. The van der Waals surface area contributed by atoms with E-state index in [0.717, 1.165) is 28.4 Å². The van der Waals surface area contributed by atoms with Crippen LogP contribution in [-0.2, 0) is 9.53 Å². The van der Waals surface area contributed by atoms with E-state index in [2.05, 4.69) is 6.08 Å². The Bertz CT molecular complexity index is 456. The van der Waals surface area contributed by atoms with Gasteiger partial charge in [0.2, 0.25) is 6.23 Å². The normalized spacial score (nSPS) is 22.1. The number of rotatable bonds is 3. The van der Waals surface area contributed by atoms with Crippen LogP contribution in [0.3, 0.4) is 0 Å². The minimum atomic E-state index is -1.46. The van der Waals surface area contributed by atoms with Gasteiger partial charge >= 0.3 is 5.97 Å². The van der Waals surface area contributed by atoms with Crippen molar-refractivity contribution in [3.8, 4) is 0 Å². The highest BCUT2D eigenvalue weighted by Crippen LogP contribution is 2.32. The van der Waals surface area contributed by atoms with Crippen LogP contribution in [0, 0.1) is 0 Å². The second-order valence-corrected chi connectivity index (χ2v) is 5.45. The standard InChI is InChI=1S/C13H17NO4S/c1-18-10-3-2-4-11-9(7-10)8-14(5-6-19-11)12(15)13(16)17/h3-4,7,12,15H,2,5-6,8H2,1H3,(H,16,17)/t12-/m0/s1. The van der Waals surface area contributed by atoms with Crippen molar-refractivity contribution in [1.29, 1.82) is 0 Å². The highest BCUT2D eigenvalue weighted by molar-refractivity contribution is 8.03. The zero-order valence-corrected chi connectivity index (χ0v) is 11.5. The number of hydrogen-bond acceptors (Lipinski definition) is 5. The van der Waals surface area contributed by atoms with Gasteiger partial charge in [0.1, 0.15) is 5.76 Å². The van der Waals surface area contributed by atoms with Crippen LogP contribution in [-0.4, -0.2) is 53.3 Å². The number of ether oxygens (including phenoxy) is 1. The zero-order chi connectivity index (χ0) is 13.8. The van der Waals surface area contributed by atoms with Crippen molar-refractivity contribution in [3.05, 3.63) is 34.5 Å². The first-order chi connectivity index (χ1) is 9.11. The first-order valence-electron chi connectivity index (χ1n) is 6.05. The van der Waals surface area contributed by atoms with Crippen LogP contribution in [0.4, 0.5) is 0 Å². The molecular weight excluding hydrogens is 266 g/mol. The molecule has 0 spiro atoms. The molecule has 1 atom stereocenters. The maximum atomic E-state index is 10.9. The van der Waals surface area contributed by atoms with Crippen LogP contribution in [0.2, 0.25) is 0 Å². The second kappa shape index (κ2) is 6.27. The van der Waals surface area contributed by atoms with E-state index in [9.17, 15) is 9.90 Å². The summed E-state index contributed by atoms with van der Waals surface area (Å²) in [6, 6.07) is 0. The first kappa shape index (κ1) is 14.2. The predicted molar refractivity (Wildman–Crippen MR) is 73.5 cm³/mol. The molecule has 104 valence electrons. The molecular formula is C13H17NO4S. The number of aliphatic carboxylic acids is 1. The zero-order valence-electron chi connectivity index (χ0n) is 10.7. The average Bonchev–Trinajstić information content (AvgIpc) is 2.69. The fraction of sp³-hybridized carbons (Fsp3) is 0.462. The summed E-state index contributed by atoms with van der Waals surface area (Å²) in [7, 11) is 1.61. The van der Waals surface area contributed by atoms with Gasteiger partial charge in [-0.25, -0.2) is 4.79 Å². The Morgan fingerprint density at radius 2 is 2.32 bits per heavy atom. The largest absolute Gasteiger partial charge is 0.497 e. The third-order valence-corrected chi connectivity index (χ3v) is 4.19. The summed E-state index contributed by atoms with van der Waals surface area (Å²) >= 11 is 1.68. The number of aliphatic hydroxyl groups is 1. The molecule has 0 bridgehead atoms. The monoisotopic (exact) mass is 283 g/mol. The van der Waals surface area contributed by atoms with Crippen LogP contribution >= 0.6 is 11.8 Å². The highest BCUT2D eigenvalue weighted by Gasteiger charge is 2.27. The van der Waals surface area contributed by atoms with E-state index in [-0.39, 0.29) is 0 Å². The Kier molecular flexibility index (Phi) is 4.68. The minimum absolute atomic E-state index is 0.410. The molecule has 5 nitrogen and oxygen atoms in total. The molecule has 1 aliphatic carbocycles. The molecule has 2 rings (SSSR count). The maximum absolute atomic E-state index is 10.9. The number of nitrogens with zero attached hydrogens (tertiary/aromatic N) is 1. The van der Waals surface area contributed by atoms with Gasteiger partial charge in [-0.1, -0.05) is 6.08 Å². The van der Waals surface area contributed by atoms with Gasteiger partial charge < -0.3 is 14.9 Å². The maximum Gasteiger partial charge on any atom is 0.348 e. The Labute approximate surface area is 116 Å². The molecule has 1 aliphatic heterocycles. The fourth-order valence-corrected chi connectivity index (χ4v) is 3.14. The fourth-order valence-electron chi connectivity index (χ4n) is 2.07. The van der Waals surface area contributed by atoms with Gasteiger partial charge in [-0.3, -0.25) is 4.90 Å². The van der Waals surface area contributed by atoms with Gasteiger partial charge in [-0.15, -0.1) is 11.8 Å². The summed E-state index contributed by atoms with van der Waals surface area (Å²) < 4.78 is 5.25. The van der Waals surface area contributed by atoms with Gasteiger partial charge in [-0.2, -0.15) is 0 Å². The van der Waals surface area contributed by atoms with Crippen LogP contribution in [0.15, 0.2) is 34.5 Å². The molecule has 0 radical (unpaired) electrons. The number of thioether (sulfide) groups is 1. The van der Waals surface area contributed by atoms with E-state index in [1.54, 1.807) is 23.8 Å². The van der Waals surface area contributed by atoms with Gasteiger partial charge in [0.15, 0.2) is 0 Å². The Balaban J connectivity index is 2.23. The average molecular weight is 283 g/mol. The Hall–Kier alpha value is -1.24. The summed E-state index contributed by atoms with van der Waals surface area (Å²) in [6.07, 6.45) is 5.34. The molecule has 19 heavy (non-hydrogen) atoms. The van der Waals surface area contributed by atoms with Crippen LogP contribution in [0.25, 0.3) is 0 Å². The number of carboxylic acid groups (broad SMARTS) is 1. The van der Waals surface area contributed by atoms with Crippen LogP contribution in [0.1, 0.15) is 6.42 Å². The number of methoxy groups -OCH3 is 1. The Morgan fingerprint density at radius 1 is 1.53 bits per heavy atom. The molecule has 1 fully saturated rings. The molecule has 0 aromatic heterocycles. The molecule has 0 unspecified atom stereocenters. The third kappa shape index (κ3) is 3.40. The van der Waals surface area contributed by atoms with Crippen LogP contribution in [0.5, 0.6) is 0 Å². The summed E-state index contributed by atoms with van der Waals surface area (Å²) in [5, 5.41) is 18.6. The van der Waals surface area contributed by atoms with Crippen molar-refractivity contribution < 1.29 is 19.7 Å². The molecule has 1 saturated heterocycles. The van der Waals surface area contributed by atoms with Crippen molar-refractivity contribution >= 4 is 17.7 Å². The SMILES string of the molecule is COC1=CCC=C2SCCN([C@@H](O)C(=O)O)CC2=C1. The molecule has 6 heteroatoms. The number of fused-ring (bicyclic) bond motifs is 1. The highest BCUT2D eigenvalue weighted by atomic mass is 32.2. The molecule has 2 aliphatic rings. The van der Waals surface area contributed by atoms with E-state index < -0.39 is 12.2 Å². The lowest BCUT2D eigenvalue weighted by Gasteiger charge is -2.23. The number of carboxylic acids is 1. The van der Waals surface area contributed by atoms with Gasteiger partial charge in [0, 0.05) is 23.7 Å².